The number of ether oxygens (including phenoxy) is 1. The fourth-order valence-corrected chi connectivity index (χ4v) is 3.18. The van der Waals surface area contributed by atoms with E-state index in [0.717, 1.165) is 19.3 Å². The molecule has 0 saturated heterocycles. The van der Waals surface area contributed by atoms with Gasteiger partial charge in [0.15, 0.2) is 5.71 Å². The Kier molecular flexibility index (Phi) is 6.34. The van der Waals surface area contributed by atoms with Crippen molar-refractivity contribution in [1.29, 1.82) is 0 Å². The van der Waals surface area contributed by atoms with Gasteiger partial charge in [0, 0.05) is 0 Å². The van der Waals surface area contributed by atoms with Crippen LogP contribution in [0.4, 0.5) is 0 Å². The summed E-state index contributed by atoms with van der Waals surface area (Å²) in [6.07, 6.45) is 12.3. The van der Waals surface area contributed by atoms with Gasteiger partial charge in [0.2, 0.25) is 0 Å². The SMILES string of the molecule is CCOC(=O)C1=NO[C@@H]2CCCCCCCCCC[C@H]12. The Hall–Kier alpha value is -1.06. The van der Waals surface area contributed by atoms with E-state index >= 15 is 0 Å². The number of esters is 1. The maximum atomic E-state index is 11.9. The fourth-order valence-electron chi connectivity index (χ4n) is 3.18. The van der Waals surface area contributed by atoms with Gasteiger partial charge in [-0.25, -0.2) is 4.79 Å². The van der Waals surface area contributed by atoms with Gasteiger partial charge in [0.05, 0.1) is 12.5 Å². The molecular weight excluding hydrogens is 254 g/mol. The van der Waals surface area contributed by atoms with Gasteiger partial charge in [-0.2, -0.15) is 0 Å². The highest BCUT2D eigenvalue weighted by molar-refractivity contribution is 6.37. The molecule has 0 amide bonds. The van der Waals surface area contributed by atoms with Gasteiger partial charge in [0.25, 0.3) is 0 Å². The lowest BCUT2D eigenvalue weighted by atomic mass is 9.87. The van der Waals surface area contributed by atoms with E-state index < -0.39 is 0 Å². The van der Waals surface area contributed by atoms with Crippen LogP contribution in [0.5, 0.6) is 0 Å². The van der Waals surface area contributed by atoms with Crippen molar-refractivity contribution in [2.24, 2.45) is 11.1 Å². The summed E-state index contributed by atoms with van der Waals surface area (Å²) >= 11 is 0. The highest BCUT2D eigenvalue weighted by Gasteiger charge is 2.37. The van der Waals surface area contributed by atoms with Gasteiger partial charge < -0.3 is 9.57 Å². The van der Waals surface area contributed by atoms with Crippen LogP contribution in [0.15, 0.2) is 5.16 Å². The molecule has 1 aliphatic heterocycles. The van der Waals surface area contributed by atoms with Crippen molar-refractivity contribution < 1.29 is 14.4 Å². The summed E-state index contributed by atoms with van der Waals surface area (Å²) < 4.78 is 5.10. The van der Waals surface area contributed by atoms with E-state index in [0.29, 0.717) is 12.3 Å². The second-order valence-corrected chi connectivity index (χ2v) is 5.85. The van der Waals surface area contributed by atoms with E-state index in [2.05, 4.69) is 5.16 Å². The molecule has 2 rings (SSSR count). The van der Waals surface area contributed by atoms with Crippen molar-refractivity contribution in [2.75, 3.05) is 6.61 Å². The summed E-state index contributed by atoms with van der Waals surface area (Å²) in [5, 5.41) is 4.03. The van der Waals surface area contributed by atoms with Gasteiger partial charge in [-0.3, -0.25) is 0 Å². The van der Waals surface area contributed by atoms with Crippen molar-refractivity contribution >= 4 is 11.7 Å². The predicted octanol–water partition coefficient (Wildman–Crippen LogP) is 3.84. The smallest absolute Gasteiger partial charge is 0.356 e. The number of hydrogen-bond acceptors (Lipinski definition) is 4. The Labute approximate surface area is 121 Å². The van der Waals surface area contributed by atoms with Gasteiger partial charge in [-0.15, -0.1) is 0 Å². The molecule has 2 atom stereocenters. The maximum absolute atomic E-state index is 11.9. The highest BCUT2D eigenvalue weighted by atomic mass is 16.6. The molecule has 0 aromatic carbocycles. The quantitative estimate of drug-likeness (QED) is 0.723. The number of oxime groups is 1. The molecule has 4 heteroatoms. The first-order valence-corrected chi connectivity index (χ1v) is 8.23. The summed E-state index contributed by atoms with van der Waals surface area (Å²) in [5.41, 5.74) is 0.522. The zero-order chi connectivity index (χ0) is 14.2. The molecule has 0 aromatic rings. The van der Waals surface area contributed by atoms with Crippen molar-refractivity contribution in [3.63, 3.8) is 0 Å². The van der Waals surface area contributed by atoms with Crippen LogP contribution in [0.3, 0.4) is 0 Å². The van der Waals surface area contributed by atoms with Crippen LogP contribution in [0.2, 0.25) is 0 Å². The lowest BCUT2D eigenvalue weighted by Gasteiger charge is -2.19. The van der Waals surface area contributed by atoms with E-state index in [4.69, 9.17) is 9.57 Å². The molecule has 1 heterocycles. The molecule has 0 bridgehead atoms. The highest BCUT2D eigenvalue weighted by Crippen LogP contribution is 2.29. The van der Waals surface area contributed by atoms with E-state index in [1.807, 2.05) is 6.92 Å². The summed E-state index contributed by atoms with van der Waals surface area (Å²) in [5.74, 6) is -0.138. The first-order chi connectivity index (χ1) is 9.83. The molecule has 1 fully saturated rings. The van der Waals surface area contributed by atoms with Crippen LogP contribution < -0.4 is 0 Å². The number of nitrogens with zero attached hydrogens (tertiary/aromatic N) is 1. The molecule has 20 heavy (non-hydrogen) atoms. The average Bonchev–Trinajstić information content (AvgIpc) is 2.82. The average molecular weight is 281 g/mol. The van der Waals surface area contributed by atoms with Crippen LogP contribution in [-0.4, -0.2) is 24.4 Å². The van der Waals surface area contributed by atoms with Crippen LogP contribution >= 0.6 is 0 Å². The molecule has 114 valence electrons. The standard InChI is InChI=1S/C16H27NO3/c1-2-19-16(18)15-13-11-9-7-5-3-4-6-8-10-12-14(13)20-17-15/h13-14H,2-12H2,1H3/t13-,14+/m0/s1. The number of rotatable bonds is 2. The minimum Gasteiger partial charge on any atom is -0.461 e. The Balaban J connectivity index is 1.95. The molecule has 0 spiro atoms. The van der Waals surface area contributed by atoms with Crippen LogP contribution in [0.25, 0.3) is 0 Å². The van der Waals surface area contributed by atoms with Crippen molar-refractivity contribution in [2.45, 2.75) is 77.2 Å². The van der Waals surface area contributed by atoms with Crippen LogP contribution in [0, 0.1) is 5.92 Å². The first-order valence-electron chi connectivity index (χ1n) is 8.23. The van der Waals surface area contributed by atoms with Gasteiger partial charge in [0.1, 0.15) is 6.10 Å². The Morgan fingerprint density at radius 3 is 2.35 bits per heavy atom. The number of carbonyl (C=O) groups excluding carboxylic acids is 1. The van der Waals surface area contributed by atoms with Gasteiger partial charge in [-0.05, 0) is 26.2 Å². The molecule has 0 aromatic heterocycles. The molecule has 0 unspecified atom stereocenters. The Bertz CT molecular complexity index is 341. The number of fused-ring (bicyclic) bond motifs is 1. The second-order valence-electron chi connectivity index (χ2n) is 5.85. The monoisotopic (exact) mass is 281 g/mol. The summed E-state index contributed by atoms with van der Waals surface area (Å²) in [7, 11) is 0. The summed E-state index contributed by atoms with van der Waals surface area (Å²) in [6.45, 7) is 2.22. The van der Waals surface area contributed by atoms with E-state index in [1.165, 1.54) is 44.9 Å². The van der Waals surface area contributed by atoms with Gasteiger partial charge >= 0.3 is 5.97 Å². The molecule has 0 radical (unpaired) electrons. The molecule has 1 saturated carbocycles. The predicted molar refractivity (Wildman–Crippen MR) is 78.6 cm³/mol. The largest absolute Gasteiger partial charge is 0.461 e. The third-order valence-corrected chi connectivity index (χ3v) is 4.32. The third-order valence-electron chi connectivity index (χ3n) is 4.32. The zero-order valence-corrected chi connectivity index (χ0v) is 12.6. The third kappa shape index (κ3) is 4.22. The van der Waals surface area contributed by atoms with Crippen molar-refractivity contribution in [1.82, 2.24) is 0 Å². The minimum absolute atomic E-state index is 0.0915. The number of carbonyl (C=O) groups is 1. The normalized spacial score (nSPS) is 28.4. The molecule has 1 aliphatic carbocycles. The minimum atomic E-state index is -0.285. The maximum Gasteiger partial charge on any atom is 0.356 e. The molecule has 4 nitrogen and oxygen atoms in total. The topological polar surface area (TPSA) is 47.9 Å². The van der Waals surface area contributed by atoms with E-state index in [9.17, 15) is 4.79 Å². The lowest BCUT2D eigenvalue weighted by Crippen LogP contribution is -2.30. The van der Waals surface area contributed by atoms with Crippen molar-refractivity contribution in [3.05, 3.63) is 0 Å². The van der Waals surface area contributed by atoms with Crippen LogP contribution in [-0.2, 0) is 14.4 Å². The first kappa shape index (κ1) is 15.3. The van der Waals surface area contributed by atoms with Gasteiger partial charge in [-0.1, -0.05) is 50.1 Å². The summed E-state index contributed by atoms with van der Waals surface area (Å²) in [4.78, 5) is 17.5. The molecular formula is C16H27NO3. The Morgan fingerprint density at radius 1 is 1.10 bits per heavy atom. The van der Waals surface area contributed by atoms with Crippen molar-refractivity contribution in [3.8, 4) is 0 Å². The summed E-state index contributed by atoms with van der Waals surface area (Å²) in [6, 6.07) is 0. The lowest BCUT2D eigenvalue weighted by molar-refractivity contribution is -0.135. The second kappa shape index (κ2) is 8.28. The molecule has 0 N–H and O–H groups in total. The van der Waals surface area contributed by atoms with E-state index in [-0.39, 0.29) is 18.0 Å². The van der Waals surface area contributed by atoms with Crippen LogP contribution in [0.1, 0.15) is 71.1 Å². The molecule has 2 aliphatic rings. The fraction of sp³-hybridized carbons (Fsp3) is 0.875. The van der Waals surface area contributed by atoms with E-state index in [1.54, 1.807) is 0 Å². The number of hydrogen-bond donors (Lipinski definition) is 0. The Morgan fingerprint density at radius 2 is 1.70 bits per heavy atom. The zero-order valence-electron chi connectivity index (χ0n) is 12.6.